The monoisotopic (exact) mass is 326 g/mol. The average molecular weight is 327 g/mol. The van der Waals surface area contributed by atoms with Gasteiger partial charge in [-0.05, 0) is 25.0 Å². The Balaban J connectivity index is 1.99. The molecule has 0 saturated carbocycles. The fourth-order valence-electron chi connectivity index (χ4n) is 2.37. The highest BCUT2D eigenvalue weighted by Crippen LogP contribution is 2.33. The quantitative estimate of drug-likeness (QED) is 0.868. The van der Waals surface area contributed by atoms with Gasteiger partial charge in [0.05, 0.1) is 23.9 Å². The summed E-state index contributed by atoms with van der Waals surface area (Å²) in [5.41, 5.74) is 0.598. The summed E-state index contributed by atoms with van der Waals surface area (Å²) in [6.45, 7) is 4.76. The molecule has 0 aliphatic carbocycles. The van der Waals surface area contributed by atoms with Crippen LogP contribution in [0.5, 0.6) is 5.75 Å². The number of nitrogens with one attached hydrogen (secondary N) is 1. The third-order valence-electron chi connectivity index (χ3n) is 3.56. The van der Waals surface area contributed by atoms with Crippen LogP contribution in [-0.4, -0.2) is 44.3 Å². The number of rotatable bonds is 6. The Morgan fingerprint density at radius 3 is 3.05 bits per heavy atom. The Bertz CT molecular complexity index is 504. The predicted octanol–water partition coefficient (Wildman–Crippen LogP) is 3.63. The van der Waals surface area contributed by atoms with Crippen LogP contribution in [0.2, 0.25) is 5.02 Å². The second-order valence-corrected chi connectivity index (χ2v) is 5.91. The van der Waals surface area contributed by atoms with Crippen molar-refractivity contribution < 1.29 is 14.3 Å². The third-order valence-corrected chi connectivity index (χ3v) is 3.86. The van der Waals surface area contributed by atoms with Crippen molar-refractivity contribution in [3.8, 4) is 5.75 Å². The highest BCUT2D eigenvalue weighted by atomic mass is 35.5. The summed E-state index contributed by atoms with van der Waals surface area (Å²) in [5, 5.41) is 3.37. The van der Waals surface area contributed by atoms with Gasteiger partial charge < -0.3 is 19.7 Å². The zero-order valence-electron chi connectivity index (χ0n) is 13.1. The van der Waals surface area contributed by atoms with Crippen molar-refractivity contribution in [3.63, 3.8) is 0 Å². The molecule has 2 rings (SSSR count). The maximum absolute atomic E-state index is 12.3. The molecule has 5 nitrogen and oxygen atoms in total. The first-order valence-corrected chi connectivity index (χ1v) is 8.00. The lowest BCUT2D eigenvalue weighted by Crippen LogP contribution is -2.35. The molecule has 1 N–H and O–H groups in total. The first kappa shape index (κ1) is 16.9. The minimum Gasteiger partial charge on any atom is -0.490 e. The van der Waals surface area contributed by atoms with Crippen molar-refractivity contribution in [2.75, 3.05) is 38.7 Å². The number of anilines is 1. The van der Waals surface area contributed by atoms with Crippen LogP contribution in [-0.2, 0) is 4.74 Å². The molecule has 1 aromatic rings. The molecule has 1 saturated heterocycles. The fraction of sp³-hybridized carbons (Fsp3) is 0.562. The number of carbonyl (C=O) groups is 1. The van der Waals surface area contributed by atoms with Gasteiger partial charge >= 0.3 is 6.03 Å². The molecule has 0 spiro atoms. The Morgan fingerprint density at radius 2 is 2.36 bits per heavy atom. The Labute approximate surface area is 136 Å². The highest BCUT2D eigenvalue weighted by Gasteiger charge is 2.21. The maximum Gasteiger partial charge on any atom is 0.321 e. The molecule has 1 aromatic carbocycles. The van der Waals surface area contributed by atoms with Crippen LogP contribution >= 0.6 is 11.6 Å². The molecular formula is C16H23ClN2O3. The van der Waals surface area contributed by atoms with Gasteiger partial charge in [-0.1, -0.05) is 24.6 Å². The SMILES string of the molecule is CCCOc1c(Cl)cccc1NC(=O)N(C)C[C@H]1CCOC1. The van der Waals surface area contributed by atoms with E-state index in [-0.39, 0.29) is 6.03 Å². The van der Waals surface area contributed by atoms with E-state index in [4.69, 9.17) is 21.1 Å². The molecule has 0 unspecified atom stereocenters. The van der Waals surface area contributed by atoms with E-state index in [1.54, 1.807) is 30.1 Å². The number of carbonyl (C=O) groups excluding carboxylic acids is 1. The van der Waals surface area contributed by atoms with Gasteiger partial charge in [-0.25, -0.2) is 4.79 Å². The summed E-state index contributed by atoms with van der Waals surface area (Å²) in [6.07, 6.45) is 1.87. The van der Waals surface area contributed by atoms with Gasteiger partial charge in [-0.2, -0.15) is 0 Å². The lowest BCUT2D eigenvalue weighted by atomic mass is 10.1. The molecule has 0 aromatic heterocycles. The lowest BCUT2D eigenvalue weighted by Gasteiger charge is -2.22. The second-order valence-electron chi connectivity index (χ2n) is 5.51. The van der Waals surface area contributed by atoms with Crippen molar-refractivity contribution in [3.05, 3.63) is 23.2 Å². The van der Waals surface area contributed by atoms with Crippen molar-refractivity contribution in [1.82, 2.24) is 4.90 Å². The fourth-order valence-corrected chi connectivity index (χ4v) is 2.60. The molecule has 122 valence electrons. The number of nitrogens with zero attached hydrogens (tertiary/aromatic N) is 1. The van der Waals surface area contributed by atoms with Gasteiger partial charge in [0.25, 0.3) is 0 Å². The van der Waals surface area contributed by atoms with Crippen LogP contribution in [0.15, 0.2) is 18.2 Å². The van der Waals surface area contributed by atoms with E-state index >= 15 is 0 Å². The van der Waals surface area contributed by atoms with Gasteiger partial charge in [0, 0.05) is 26.1 Å². The second kappa shape index (κ2) is 8.25. The van der Waals surface area contributed by atoms with Gasteiger partial charge in [0.15, 0.2) is 5.75 Å². The number of benzene rings is 1. The largest absolute Gasteiger partial charge is 0.490 e. The zero-order valence-corrected chi connectivity index (χ0v) is 13.9. The van der Waals surface area contributed by atoms with E-state index < -0.39 is 0 Å². The predicted molar refractivity (Wildman–Crippen MR) is 87.8 cm³/mol. The molecular weight excluding hydrogens is 304 g/mol. The first-order valence-electron chi connectivity index (χ1n) is 7.63. The molecule has 22 heavy (non-hydrogen) atoms. The summed E-state index contributed by atoms with van der Waals surface area (Å²) in [7, 11) is 1.78. The van der Waals surface area contributed by atoms with E-state index in [2.05, 4.69) is 5.32 Å². The minimum absolute atomic E-state index is 0.171. The Hall–Kier alpha value is -1.46. The van der Waals surface area contributed by atoms with Gasteiger partial charge in [-0.15, -0.1) is 0 Å². The number of urea groups is 1. The smallest absolute Gasteiger partial charge is 0.321 e. The molecule has 1 atom stereocenters. The number of ether oxygens (including phenoxy) is 2. The maximum atomic E-state index is 12.3. The molecule has 1 aliphatic heterocycles. The van der Waals surface area contributed by atoms with Gasteiger partial charge in [0.1, 0.15) is 0 Å². The van der Waals surface area contributed by atoms with Crippen LogP contribution in [0.3, 0.4) is 0 Å². The standard InChI is InChI=1S/C16H23ClN2O3/c1-3-8-22-15-13(17)5-4-6-14(15)18-16(20)19(2)10-12-7-9-21-11-12/h4-6,12H,3,7-11H2,1-2H3,(H,18,20)/t12-/m1/s1. The van der Waals surface area contributed by atoms with Crippen LogP contribution in [0, 0.1) is 5.92 Å². The highest BCUT2D eigenvalue weighted by molar-refractivity contribution is 6.32. The Kier molecular flexibility index (Phi) is 6.34. The van der Waals surface area contributed by atoms with Crippen LogP contribution in [0.4, 0.5) is 10.5 Å². The Morgan fingerprint density at radius 1 is 1.55 bits per heavy atom. The minimum atomic E-state index is -0.171. The van der Waals surface area contributed by atoms with E-state index in [0.717, 1.165) is 26.1 Å². The molecule has 1 aliphatic rings. The lowest BCUT2D eigenvalue weighted by molar-refractivity contribution is 0.175. The van der Waals surface area contributed by atoms with E-state index in [0.29, 0.717) is 35.5 Å². The zero-order chi connectivity index (χ0) is 15.9. The van der Waals surface area contributed by atoms with Crippen LogP contribution in [0.25, 0.3) is 0 Å². The van der Waals surface area contributed by atoms with Gasteiger partial charge in [0.2, 0.25) is 0 Å². The summed E-state index contributed by atoms with van der Waals surface area (Å²) >= 11 is 6.16. The van der Waals surface area contributed by atoms with Crippen molar-refractivity contribution in [2.24, 2.45) is 5.92 Å². The topological polar surface area (TPSA) is 50.8 Å². The van der Waals surface area contributed by atoms with Crippen LogP contribution in [0.1, 0.15) is 19.8 Å². The number of hydrogen-bond acceptors (Lipinski definition) is 3. The summed E-state index contributed by atoms with van der Waals surface area (Å²) < 4.78 is 11.0. The summed E-state index contributed by atoms with van der Waals surface area (Å²) in [5.74, 6) is 0.933. The third kappa shape index (κ3) is 4.52. The number of amides is 2. The molecule has 0 bridgehead atoms. The molecule has 6 heteroatoms. The normalized spacial score (nSPS) is 17.3. The summed E-state index contributed by atoms with van der Waals surface area (Å²) in [4.78, 5) is 14.0. The summed E-state index contributed by atoms with van der Waals surface area (Å²) in [6, 6.07) is 5.17. The van der Waals surface area contributed by atoms with E-state index in [1.165, 1.54) is 0 Å². The number of para-hydroxylation sites is 1. The first-order chi connectivity index (χ1) is 10.6. The molecule has 0 radical (unpaired) electrons. The molecule has 1 fully saturated rings. The van der Waals surface area contributed by atoms with Crippen LogP contribution < -0.4 is 10.1 Å². The molecule has 1 heterocycles. The van der Waals surface area contributed by atoms with E-state index in [9.17, 15) is 4.79 Å². The van der Waals surface area contributed by atoms with Crippen molar-refractivity contribution in [2.45, 2.75) is 19.8 Å². The van der Waals surface area contributed by atoms with Gasteiger partial charge in [-0.3, -0.25) is 0 Å². The molecule has 2 amide bonds. The number of hydrogen-bond donors (Lipinski definition) is 1. The number of halogens is 1. The van der Waals surface area contributed by atoms with E-state index in [1.807, 2.05) is 6.92 Å². The average Bonchev–Trinajstić information content (AvgIpc) is 2.99. The van der Waals surface area contributed by atoms with Crippen molar-refractivity contribution in [1.29, 1.82) is 0 Å². The van der Waals surface area contributed by atoms with Crippen molar-refractivity contribution >= 4 is 23.3 Å².